The summed E-state index contributed by atoms with van der Waals surface area (Å²) in [6, 6.07) is 15.8. The van der Waals surface area contributed by atoms with E-state index in [2.05, 4.69) is 10.3 Å². The Morgan fingerprint density at radius 1 is 1.09 bits per heavy atom. The van der Waals surface area contributed by atoms with Gasteiger partial charge in [0.1, 0.15) is 6.04 Å². The molecule has 0 saturated carbocycles. The second-order valence-electron chi connectivity index (χ2n) is 7.42. The van der Waals surface area contributed by atoms with Crippen molar-refractivity contribution in [3.05, 3.63) is 89.2 Å². The van der Waals surface area contributed by atoms with Crippen LogP contribution in [0.1, 0.15) is 40.0 Å². The van der Waals surface area contributed by atoms with E-state index in [0.29, 0.717) is 35.8 Å². The zero-order valence-electron chi connectivity index (χ0n) is 18.1. The van der Waals surface area contributed by atoms with Gasteiger partial charge in [0.05, 0.1) is 13.7 Å². The van der Waals surface area contributed by atoms with Crippen LogP contribution in [0, 0.1) is 0 Å². The topological polar surface area (TPSA) is 80.8 Å². The van der Waals surface area contributed by atoms with Gasteiger partial charge in [-0.3, -0.25) is 14.6 Å². The molecule has 0 spiro atoms. The van der Waals surface area contributed by atoms with Crippen molar-refractivity contribution < 1.29 is 19.1 Å². The highest BCUT2D eigenvalue weighted by Gasteiger charge is 2.40. The lowest BCUT2D eigenvalue weighted by molar-refractivity contribution is -0.125. The van der Waals surface area contributed by atoms with Gasteiger partial charge in [-0.05, 0) is 47.9 Å². The van der Waals surface area contributed by atoms with E-state index in [1.165, 1.54) is 0 Å². The van der Waals surface area contributed by atoms with E-state index in [0.717, 1.165) is 11.1 Å². The fourth-order valence-electron chi connectivity index (χ4n) is 3.89. The average Bonchev–Trinajstić information content (AvgIpc) is 3.11. The minimum atomic E-state index is -0.715. The number of carbonyl (C=O) groups is 2. The highest BCUT2D eigenvalue weighted by atomic mass is 16.5. The normalized spacial score (nSPS) is 14.8. The largest absolute Gasteiger partial charge is 0.493 e. The Hall–Kier alpha value is -3.87. The first-order valence-electron chi connectivity index (χ1n) is 10.5. The van der Waals surface area contributed by atoms with Crippen molar-refractivity contribution in [2.45, 2.75) is 26.1 Å². The van der Waals surface area contributed by atoms with Crippen LogP contribution >= 0.6 is 0 Å². The second-order valence-corrected chi connectivity index (χ2v) is 7.42. The van der Waals surface area contributed by atoms with Gasteiger partial charge in [0.2, 0.25) is 5.91 Å². The molecule has 1 unspecified atom stereocenters. The van der Waals surface area contributed by atoms with E-state index in [4.69, 9.17) is 9.47 Å². The van der Waals surface area contributed by atoms with Gasteiger partial charge in [0.25, 0.3) is 5.91 Å². The van der Waals surface area contributed by atoms with Crippen molar-refractivity contribution in [1.29, 1.82) is 0 Å². The lowest BCUT2D eigenvalue weighted by atomic mass is 10.0. The number of methoxy groups -OCH3 is 1. The minimum absolute atomic E-state index is 0.171. The quantitative estimate of drug-likeness (QED) is 0.590. The van der Waals surface area contributed by atoms with Gasteiger partial charge in [0, 0.05) is 31.0 Å². The Morgan fingerprint density at radius 2 is 1.94 bits per heavy atom. The molecule has 0 bridgehead atoms. The number of nitrogens with one attached hydrogen (secondary N) is 1. The molecular formula is C25H25N3O4. The molecule has 1 aliphatic rings. The van der Waals surface area contributed by atoms with Crippen LogP contribution in [0.15, 0.2) is 67.0 Å². The summed E-state index contributed by atoms with van der Waals surface area (Å²) in [4.78, 5) is 32.1. The van der Waals surface area contributed by atoms with E-state index < -0.39 is 6.04 Å². The van der Waals surface area contributed by atoms with Crippen LogP contribution in [-0.4, -0.2) is 35.4 Å². The van der Waals surface area contributed by atoms with E-state index in [9.17, 15) is 9.59 Å². The number of hydrogen-bond donors (Lipinski definition) is 1. The summed E-state index contributed by atoms with van der Waals surface area (Å²) in [6.07, 6.45) is 3.39. The molecule has 4 rings (SSSR count). The molecule has 0 aliphatic carbocycles. The fourth-order valence-corrected chi connectivity index (χ4v) is 3.89. The molecule has 7 heteroatoms. The Kier molecular flexibility index (Phi) is 6.35. The van der Waals surface area contributed by atoms with Gasteiger partial charge in [-0.15, -0.1) is 0 Å². The van der Waals surface area contributed by atoms with Crippen LogP contribution < -0.4 is 14.8 Å². The zero-order chi connectivity index (χ0) is 22.5. The van der Waals surface area contributed by atoms with Crippen LogP contribution in [0.3, 0.4) is 0 Å². The van der Waals surface area contributed by atoms with Gasteiger partial charge in [-0.2, -0.15) is 0 Å². The van der Waals surface area contributed by atoms with Gasteiger partial charge < -0.3 is 19.7 Å². The Labute approximate surface area is 187 Å². The molecule has 1 atom stereocenters. The predicted octanol–water partition coefficient (Wildman–Crippen LogP) is 3.50. The van der Waals surface area contributed by atoms with Crippen molar-refractivity contribution in [3.63, 3.8) is 0 Å². The molecule has 3 aromatic rings. The molecule has 164 valence electrons. The summed E-state index contributed by atoms with van der Waals surface area (Å²) in [5.74, 6) is 0.826. The van der Waals surface area contributed by atoms with Crippen molar-refractivity contribution in [2.75, 3.05) is 13.7 Å². The van der Waals surface area contributed by atoms with Crippen LogP contribution in [0.5, 0.6) is 11.5 Å². The minimum Gasteiger partial charge on any atom is -0.493 e. The van der Waals surface area contributed by atoms with Crippen LogP contribution in [0.25, 0.3) is 0 Å². The highest BCUT2D eigenvalue weighted by molar-refractivity contribution is 6.04. The number of pyridine rings is 1. The summed E-state index contributed by atoms with van der Waals surface area (Å²) in [5, 5.41) is 2.95. The monoisotopic (exact) mass is 431 g/mol. The Balaban J connectivity index is 1.59. The SMILES string of the molecule is CCOc1ccc(CN2C(=O)c3ccccc3C2C(=O)NCc2cccnc2)cc1OC. The summed E-state index contributed by atoms with van der Waals surface area (Å²) in [6.45, 7) is 3.03. The first kappa shape index (κ1) is 21.4. The van der Waals surface area contributed by atoms with Crippen LogP contribution in [-0.2, 0) is 17.9 Å². The Bertz CT molecular complexity index is 1120. The Morgan fingerprint density at radius 3 is 2.69 bits per heavy atom. The number of aromatic nitrogens is 1. The maximum absolute atomic E-state index is 13.2. The van der Waals surface area contributed by atoms with Crippen molar-refractivity contribution in [1.82, 2.24) is 15.2 Å². The molecule has 1 aliphatic heterocycles. The van der Waals surface area contributed by atoms with Gasteiger partial charge in [0.15, 0.2) is 11.5 Å². The lowest BCUT2D eigenvalue weighted by Gasteiger charge is -2.25. The fraction of sp³-hybridized carbons (Fsp3) is 0.240. The molecular weight excluding hydrogens is 406 g/mol. The zero-order valence-corrected chi connectivity index (χ0v) is 18.1. The summed E-state index contributed by atoms with van der Waals surface area (Å²) in [5.41, 5.74) is 2.99. The predicted molar refractivity (Wildman–Crippen MR) is 119 cm³/mol. The molecule has 7 nitrogen and oxygen atoms in total. The van der Waals surface area contributed by atoms with E-state index in [1.54, 1.807) is 30.5 Å². The molecule has 32 heavy (non-hydrogen) atoms. The number of ether oxygens (including phenoxy) is 2. The van der Waals surface area contributed by atoms with Crippen molar-refractivity contribution in [2.24, 2.45) is 0 Å². The first-order valence-corrected chi connectivity index (χ1v) is 10.5. The summed E-state index contributed by atoms with van der Waals surface area (Å²) >= 11 is 0. The van der Waals surface area contributed by atoms with Crippen molar-refractivity contribution >= 4 is 11.8 Å². The molecule has 1 N–H and O–H groups in total. The third-order valence-electron chi connectivity index (χ3n) is 5.38. The lowest BCUT2D eigenvalue weighted by Crippen LogP contribution is -2.38. The number of benzene rings is 2. The maximum atomic E-state index is 13.2. The van der Waals surface area contributed by atoms with E-state index in [-0.39, 0.29) is 18.4 Å². The number of hydrogen-bond acceptors (Lipinski definition) is 5. The maximum Gasteiger partial charge on any atom is 0.255 e. The van der Waals surface area contributed by atoms with Gasteiger partial charge in [-0.1, -0.05) is 30.3 Å². The van der Waals surface area contributed by atoms with Gasteiger partial charge >= 0.3 is 0 Å². The third kappa shape index (κ3) is 4.27. The molecule has 0 saturated heterocycles. The molecule has 2 aromatic carbocycles. The standard InChI is InChI=1S/C25H25N3O4/c1-3-32-21-11-10-17(13-22(21)31-2)16-28-23(19-8-4-5-9-20(19)25(28)30)24(29)27-15-18-7-6-12-26-14-18/h4-14,23H,3,15-16H2,1-2H3,(H,27,29). The smallest absolute Gasteiger partial charge is 0.255 e. The van der Waals surface area contributed by atoms with Crippen LogP contribution in [0.2, 0.25) is 0 Å². The summed E-state index contributed by atoms with van der Waals surface area (Å²) < 4.78 is 11.0. The molecule has 2 heterocycles. The molecule has 0 fully saturated rings. The third-order valence-corrected chi connectivity index (χ3v) is 5.38. The molecule has 1 aromatic heterocycles. The number of carbonyl (C=O) groups excluding carboxylic acids is 2. The second kappa shape index (κ2) is 9.51. The molecule has 2 amide bonds. The van der Waals surface area contributed by atoms with Crippen LogP contribution in [0.4, 0.5) is 0 Å². The number of amides is 2. The first-order chi connectivity index (χ1) is 15.6. The number of nitrogens with zero attached hydrogens (tertiary/aromatic N) is 2. The van der Waals surface area contributed by atoms with Gasteiger partial charge in [-0.25, -0.2) is 0 Å². The van der Waals surface area contributed by atoms with E-state index >= 15 is 0 Å². The highest BCUT2D eigenvalue weighted by Crippen LogP contribution is 2.36. The molecule has 0 radical (unpaired) electrons. The number of fused-ring (bicyclic) bond motifs is 1. The average molecular weight is 431 g/mol. The van der Waals surface area contributed by atoms with E-state index in [1.807, 2.05) is 55.5 Å². The van der Waals surface area contributed by atoms with Crippen molar-refractivity contribution in [3.8, 4) is 11.5 Å². The number of rotatable bonds is 8. The summed E-state index contributed by atoms with van der Waals surface area (Å²) in [7, 11) is 1.58.